The normalized spacial score (nSPS) is 11.8. The van der Waals surface area contributed by atoms with Crippen LogP contribution in [0.2, 0.25) is 0 Å². The smallest absolute Gasteiger partial charge is 0.281 e. The van der Waals surface area contributed by atoms with Crippen LogP contribution in [0.25, 0.3) is 0 Å². The van der Waals surface area contributed by atoms with Gasteiger partial charge < -0.3 is 0 Å². The van der Waals surface area contributed by atoms with Gasteiger partial charge in [-0.3, -0.25) is 9.89 Å². The maximum atomic E-state index is 12.2. The first kappa shape index (κ1) is 14.1. The number of halogens is 1. The molecule has 0 saturated carbocycles. The molecule has 2 aromatic rings. The van der Waals surface area contributed by atoms with Crippen LogP contribution in [0.15, 0.2) is 33.5 Å². The van der Waals surface area contributed by atoms with Gasteiger partial charge in [0.2, 0.25) is 0 Å². The van der Waals surface area contributed by atoms with Crippen LogP contribution in [-0.2, 0) is 12.0 Å². The number of aromatic amines is 1. The zero-order chi connectivity index (χ0) is 14.2. The highest BCUT2D eigenvalue weighted by molar-refractivity contribution is 9.10. The largest absolute Gasteiger partial charge is 0.298 e. The minimum atomic E-state index is -0.0875. The van der Waals surface area contributed by atoms with Crippen LogP contribution in [0.3, 0.4) is 0 Å². The van der Waals surface area contributed by atoms with E-state index in [1.807, 2.05) is 12.1 Å². The van der Waals surface area contributed by atoms with E-state index >= 15 is 0 Å². The molecule has 1 N–H and O–H groups in total. The zero-order valence-corrected chi connectivity index (χ0v) is 13.3. The third kappa shape index (κ3) is 3.00. The maximum absolute atomic E-state index is 12.2. The van der Waals surface area contributed by atoms with Gasteiger partial charge in [-0.05, 0) is 28.4 Å². The fraction of sp³-hybridized carbons (Fsp3) is 0.400. The standard InChI is InChI=1S/C15H19BrN2O/c1-10-6-5-7-11(8-10)9-18-14(19)12(16)13(17-18)15(2,3)4/h5-8,17H,9H2,1-4H3. The molecule has 0 aliphatic carbocycles. The third-order valence-electron chi connectivity index (χ3n) is 3.07. The van der Waals surface area contributed by atoms with Gasteiger partial charge in [-0.25, -0.2) is 4.68 Å². The predicted molar refractivity (Wildman–Crippen MR) is 81.7 cm³/mol. The lowest BCUT2D eigenvalue weighted by atomic mass is 9.93. The van der Waals surface area contributed by atoms with Crippen molar-refractivity contribution < 1.29 is 0 Å². The molecule has 4 heteroatoms. The Morgan fingerprint density at radius 1 is 1.32 bits per heavy atom. The number of aryl methyl sites for hydroxylation is 1. The molecule has 1 aromatic carbocycles. The monoisotopic (exact) mass is 322 g/mol. The van der Waals surface area contributed by atoms with Crippen molar-refractivity contribution in [1.29, 1.82) is 0 Å². The zero-order valence-electron chi connectivity index (χ0n) is 11.7. The van der Waals surface area contributed by atoms with Crippen molar-refractivity contribution >= 4 is 15.9 Å². The van der Waals surface area contributed by atoms with E-state index in [1.54, 1.807) is 4.68 Å². The molecule has 102 valence electrons. The van der Waals surface area contributed by atoms with Gasteiger partial charge in [0, 0.05) is 5.41 Å². The van der Waals surface area contributed by atoms with E-state index in [2.05, 4.69) is 60.9 Å². The highest BCUT2D eigenvalue weighted by Crippen LogP contribution is 2.25. The summed E-state index contributed by atoms with van der Waals surface area (Å²) >= 11 is 3.40. The lowest BCUT2D eigenvalue weighted by Gasteiger charge is -2.16. The van der Waals surface area contributed by atoms with Crippen molar-refractivity contribution in [1.82, 2.24) is 9.78 Å². The summed E-state index contributed by atoms with van der Waals surface area (Å²) < 4.78 is 2.28. The molecular weight excluding hydrogens is 304 g/mol. The minimum Gasteiger partial charge on any atom is -0.298 e. The number of aromatic nitrogens is 2. The summed E-state index contributed by atoms with van der Waals surface area (Å²) in [5.41, 5.74) is 3.16. The fourth-order valence-corrected chi connectivity index (χ4v) is 2.96. The maximum Gasteiger partial charge on any atom is 0.281 e. The number of H-pyrrole nitrogens is 1. The van der Waals surface area contributed by atoms with Crippen LogP contribution < -0.4 is 5.56 Å². The summed E-state index contributed by atoms with van der Waals surface area (Å²) in [6.07, 6.45) is 0. The van der Waals surface area contributed by atoms with Gasteiger partial charge in [0.15, 0.2) is 0 Å². The Labute approximate surface area is 121 Å². The number of hydrogen-bond donors (Lipinski definition) is 1. The van der Waals surface area contributed by atoms with Gasteiger partial charge >= 0.3 is 0 Å². The second-order valence-electron chi connectivity index (χ2n) is 5.93. The van der Waals surface area contributed by atoms with Gasteiger partial charge in [0.1, 0.15) is 4.47 Å². The fourth-order valence-electron chi connectivity index (χ4n) is 2.06. The Balaban J connectivity index is 2.40. The molecule has 0 radical (unpaired) electrons. The summed E-state index contributed by atoms with van der Waals surface area (Å²) in [6, 6.07) is 8.19. The molecule has 0 amide bonds. The molecule has 2 rings (SSSR count). The molecule has 0 bridgehead atoms. The van der Waals surface area contributed by atoms with E-state index in [0.717, 1.165) is 11.3 Å². The van der Waals surface area contributed by atoms with Crippen molar-refractivity contribution in [3.8, 4) is 0 Å². The van der Waals surface area contributed by atoms with Crippen molar-refractivity contribution in [3.63, 3.8) is 0 Å². The first-order valence-corrected chi connectivity index (χ1v) is 7.12. The van der Waals surface area contributed by atoms with Crippen LogP contribution in [0, 0.1) is 6.92 Å². The average Bonchev–Trinajstić information content (AvgIpc) is 2.57. The van der Waals surface area contributed by atoms with Gasteiger partial charge in [-0.1, -0.05) is 50.6 Å². The topological polar surface area (TPSA) is 37.8 Å². The summed E-state index contributed by atoms with van der Waals surface area (Å²) in [6.45, 7) is 8.87. The van der Waals surface area contributed by atoms with Crippen molar-refractivity contribution in [2.45, 2.75) is 39.7 Å². The summed E-state index contributed by atoms with van der Waals surface area (Å²) in [4.78, 5) is 12.2. The summed E-state index contributed by atoms with van der Waals surface area (Å²) in [5.74, 6) is 0. The highest BCUT2D eigenvalue weighted by Gasteiger charge is 2.22. The third-order valence-corrected chi connectivity index (χ3v) is 3.81. The van der Waals surface area contributed by atoms with E-state index in [0.29, 0.717) is 11.0 Å². The van der Waals surface area contributed by atoms with Crippen LogP contribution in [0.5, 0.6) is 0 Å². The highest BCUT2D eigenvalue weighted by atomic mass is 79.9. The van der Waals surface area contributed by atoms with Gasteiger partial charge in [-0.2, -0.15) is 0 Å². The molecule has 0 spiro atoms. The summed E-state index contributed by atoms with van der Waals surface area (Å²) in [7, 11) is 0. The molecule has 0 saturated heterocycles. The Morgan fingerprint density at radius 2 is 2.00 bits per heavy atom. The minimum absolute atomic E-state index is 0.00793. The number of nitrogens with one attached hydrogen (secondary N) is 1. The van der Waals surface area contributed by atoms with Crippen molar-refractivity contribution in [3.05, 3.63) is 55.9 Å². The first-order valence-electron chi connectivity index (χ1n) is 6.33. The molecule has 0 aliphatic rings. The predicted octanol–water partition coefficient (Wildman–Crippen LogP) is 3.59. The SMILES string of the molecule is Cc1cccc(Cn2[nH]c(C(C)(C)C)c(Br)c2=O)c1. The molecule has 3 nitrogen and oxygen atoms in total. The van der Waals surface area contributed by atoms with Gasteiger partial charge in [0.05, 0.1) is 12.2 Å². The van der Waals surface area contributed by atoms with Crippen LogP contribution >= 0.6 is 15.9 Å². The Bertz CT molecular complexity index is 647. The van der Waals surface area contributed by atoms with E-state index in [9.17, 15) is 4.79 Å². The second-order valence-corrected chi connectivity index (χ2v) is 6.72. The molecule has 0 unspecified atom stereocenters. The van der Waals surface area contributed by atoms with Crippen molar-refractivity contribution in [2.24, 2.45) is 0 Å². The molecule has 0 fully saturated rings. The number of nitrogens with zero attached hydrogens (tertiary/aromatic N) is 1. The number of hydrogen-bond acceptors (Lipinski definition) is 1. The first-order chi connectivity index (χ1) is 8.79. The molecule has 1 heterocycles. The van der Waals surface area contributed by atoms with E-state index < -0.39 is 0 Å². The molecule has 0 aliphatic heterocycles. The molecule has 19 heavy (non-hydrogen) atoms. The van der Waals surface area contributed by atoms with Crippen molar-refractivity contribution in [2.75, 3.05) is 0 Å². The number of rotatable bonds is 2. The second kappa shape index (κ2) is 5.00. The lowest BCUT2D eigenvalue weighted by Crippen LogP contribution is -2.17. The average molecular weight is 323 g/mol. The molecule has 1 aromatic heterocycles. The van der Waals surface area contributed by atoms with Crippen LogP contribution in [-0.4, -0.2) is 9.78 Å². The quantitative estimate of drug-likeness (QED) is 0.901. The molecule has 0 atom stereocenters. The van der Waals surface area contributed by atoms with E-state index in [-0.39, 0.29) is 11.0 Å². The lowest BCUT2D eigenvalue weighted by molar-refractivity contribution is 0.541. The van der Waals surface area contributed by atoms with E-state index in [4.69, 9.17) is 0 Å². The van der Waals surface area contributed by atoms with E-state index in [1.165, 1.54) is 5.56 Å². The summed E-state index contributed by atoms with van der Waals surface area (Å²) in [5, 5.41) is 3.21. The van der Waals surface area contributed by atoms with Gasteiger partial charge in [0.25, 0.3) is 5.56 Å². The van der Waals surface area contributed by atoms with Crippen LogP contribution in [0.1, 0.15) is 37.6 Å². The Hall–Kier alpha value is -1.29. The van der Waals surface area contributed by atoms with Crippen LogP contribution in [0.4, 0.5) is 0 Å². The Morgan fingerprint density at radius 3 is 2.53 bits per heavy atom. The number of benzene rings is 1. The van der Waals surface area contributed by atoms with Gasteiger partial charge in [-0.15, -0.1) is 0 Å². The Kier molecular flexibility index (Phi) is 3.72. The molecular formula is C15H19BrN2O.